The molecule has 0 bridgehead atoms. The zero-order chi connectivity index (χ0) is 15.3. The third-order valence-corrected chi connectivity index (χ3v) is 4.22. The van der Waals surface area contributed by atoms with Crippen LogP contribution in [0, 0.1) is 0 Å². The normalized spacial score (nSPS) is 17.4. The Morgan fingerprint density at radius 2 is 1.35 bits per heavy atom. The van der Waals surface area contributed by atoms with Crippen LogP contribution in [0.25, 0.3) is 0 Å². The Hall–Kier alpha value is -1.18. The van der Waals surface area contributed by atoms with Gasteiger partial charge in [0.05, 0.1) is 0 Å². The van der Waals surface area contributed by atoms with Gasteiger partial charge >= 0.3 is 0 Å². The van der Waals surface area contributed by atoms with Gasteiger partial charge < -0.3 is 9.47 Å². The van der Waals surface area contributed by atoms with E-state index >= 15 is 0 Å². The second-order valence-corrected chi connectivity index (χ2v) is 7.94. The summed E-state index contributed by atoms with van der Waals surface area (Å²) in [7, 11) is 0. The van der Waals surface area contributed by atoms with Crippen molar-refractivity contribution < 1.29 is 9.47 Å². The Labute approximate surface area is 123 Å². The van der Waals surface area contributed by atoms with Crippen molar-refractivity contribution in [1.29, 1.82) is 0 Å². The van der Waals surface area contributed by atoms with E-state index in [1.807, 2.05) is 13.8 Å². The first kappa shape index (κ1) is 15.2. The van der Waals surface area contributed by atoms with Gasteiger partial charge in [-0.1, -0.05) is 41.5 Å². The zero-order valence-corrected chi connectivity index (χ0v) is 14.2. The summed E-state index contributed by atoms with van der Waals surface area (Å²) in [5.74, 6) is 1.18. The third-order valence-electron chi connectivity index (χ3n) is 4.22. The average molecular weight is 276 g/mol. The molecule has 1 aromatic carbocycles. The molecule has 0 saturated carbocycles. The molecule has 0 N–H and O–H groups in total. The summed E-state index contributed by atoms with van der Waals surface area (Å²) in [5, 5.41) is 0. The first-order valence-electron chi connectivity index (χ1n) is 7.53. The zero-order valence-electron chi connectivity index (χ0n) is 14.2. The number of hydrogen-bond acceptors (Lipinski definition) is 2. The molecule has 0 spiro atoms. The van der Waals surface area contributed by atoms with Crippen molar-refractivity contribution >= 4 is 0 Å². The van der Waals surface area contributed by atoms with Gasteiger partial charge in [0.1, 0.15) is 0 Å². The number of benzene rings is 1. The fourth-order valence-corrected chi connectivity index (χ4v) is 2.64. The van der Waals surface area contributed by atoms with Crippen molar-refractivity contribution in [3.63, 3.8) is 0 Å². The molecule has 0 radical (unpaired) electrons. The summed E-state index contributed by atoms with van der Waals surface area (Å²) < 4.78 is 11.8. The van der Waals surface area contributed by atoms with Crippen LogP contribution in [0.15, 0.2) is 12.1 Å². The highest BCUT2D eigenvalue weighted by molar-refractivity contribution is 5.53. The van der Waals surface area contributed by atoms with Crippen LogP contribution in [0.4, 0.5) is 0 Å². The fraction of sp³-hybridized carbons (Fsp3) is 0.667. The van der Waals surface area contributed by atoms with Gasteiger partial charge in [0.25, 0.3) is 0 Å². The molecule has 1 heterocycles. The minimum atomic E-state index is -0.563. The maximum absolute atomic E-state index is 5.92. The molecule has 112 valence electrons. The van der Waals surface area contributed by atoms with Crippen LogP contribution >= 0.6 is 0 Å². The first-order chi connectivity index (χ1) is 8.96. The smallest absolute Gasteiger partial charge is 0.246 e. The predicted octanol–water partition coefficient (Wildman–Crippen LogP) is 5.18. The highest BCUT2D eigenvalue weighted by Crippen LogP contribution is 2.46. The van der Waals surface area contributed by atoms with Crippen molar-refractivity contribution in [2.75, 3.05) is 0 Å². The van der Waals surface area contributed by atoms with E-state index < -0.39 is 5.79 Å². The van der Waals surface area contributed by atoms with E-state index in [0.29, 0.717) is 0 Å². The van der Waals surface area contributed by atoms with Gasteiger partial charge in [-0.25, -0.2) is 0 Å². The number of hydrogen-bond donors (Lipinski definition) is 0. The van der Waals surface area contributed by atoms with E-state index in [-0.39, 0.29) is 10.8 Å². The van der Waals surface area contributed by atoms with Crippen LogP contribution in [0.5, 0.6) is 11.5 Å². The van der Waals surface area contributed by atoms with Crippen LogP contribution in [-0.2, 0) is 10.8 Å². The predicted molar refractivity (Wildman–Crippen MR) is 83.8 cm³/mol. The van der Waals surface area contributed by atoms with Gasteiger partial charge in [-0.2, -0.15) is 0 Å². The molecule has 2 heteroatoms. The van der Waals surface area contributed by atoms with Gasteiger partial charge in [0.15, 0.2) is 11.5 Å². The summed E-state index contributed by atoms with van der Waals surface area (Å²) in [6.45, 7) is 17.5. The first-order valence-corrected chi connectivity index (χ1v) is 7.53. The van der Waals surface area contributed by atoms with Crippen LogP contribution in [-0.4, -0.2) is 5.79 Å². The summed E-state index contributed by atoms with van der Waals surface area (Å²) in [6.07, 6.45) is 1.10. The minimum absolute atomic E-state index is 0.0902. The quantitative estimate of drug-likeness (QED) is 0.741. The van der Waals surface area contributed by atoms with Crippen LogP contribution in [0.1, 0.15) is 72.9 Å². The second kappa shape index (κ2) is 4.41. The molecular formula is C18H28O2. The summed E-state index contributed by atoms with van der Waals surface area (Å²) in [6, 6.07) is 4.37. The van der Waals surface area contributed by atoms with E-state index in [9.17, 15) is 0 Å². The SMILES string of the molecule is CCC(C)(C)c1cc2c(cc1C(C)(C)C)OC(C)(C)O2. The Balaban J connectivity index is 2.63. The monoisotopic (exact) mass is 276 g/mol. The maximum atomic E-state index is 5.92. The molecular weight excluding hydrogens is 248 g/mol. The lowest BCUT2D eigenvalue weighted by Crippen LogP contribution is -2.29. The number of fused-ring (bicyclic) bond motifs is 1. The summed E-state index contributed by atoms with van der Waals surface area (Å²) in [5.41, 5.74) is 2.94. The van der Waals surface area contributed by atoms with Crippen LogP contribution in [0.3, 0.4) is 0 Å². The van der Waals surface area contributed by atoms with Crippen molar-refractivity contribution in [2.24, 2.45) is 0 Å². The molecule has 1 aliphatic heterocycles. The van der Waals surface area contributed by atoms with Gasteiger partial charge in [0, 0.05) is 13.8 Å². The molecule has 0 saturated heterocycles. The highest BCUT2D eigenvalue weighted by atomic mass is 16.7. The number of rotatable bonds is 2. The van der Waals surface area contributed by atoms with E-state index in [1.54, 1.807) is 0 Å². The van der Waals surface area contributed by atoms with E-state index in [2.05, 4.69) is 53.7 Å². The molecule has 1 aromatic rings. The largest absolute Gasteiger partial charge is 0.449 e. The molecule has 2 rings (SSSR count). The molecule has 0 atom stereocenters. The molecule has 0 aliphatic carbocycles. The molecule has 20 heavy (non-hydrogen) atoms. The Morgan fingerprint density at radius 3 is 1.75 bits per heavy atom. The topological polar surface area (TPSA) is 18.5 Å². The molecule has 0 aromatic heterocycles. The summed E-state index contributed by atoms with van der Waals surface area (Å²) in [4.78, 5) is 0. The lowest BCUT2D eigenvalue weighted by atomic mass is 9.73. The average Bonchev–Trinajstić information content (AvgIpc) is 2.59. The maximum Gasteiger partial charge on any atom is 0.246 e. The molecule has 0 fully saturated rings. The van der Waals surface area contributed by atoms with E-state index in [1.165, 1.54) is 11.1 Å². The Kier molecular flexibility index (Phi) is 3.35. The second-order valence-electron chi connectivity index (χ2n) is 7.94. The Bertz CT molecular complexity index is 519. The van der Waals surface area contributed by atoms with E-state index in [4.69, 9.17) is 9.47 Å². The van der Waals surface area contributed by atoms with Gasteiger partial charge in [0.2, 0.25) is 5.79 Å². The van der Waals surface area contributed by atoms with Crippen LogP contribution in [0.2, 0.25) is 0 Å². The number of ether oxygens (including phenoxy) is 2. The molecule has 1 aliphatic rings. The Morgan fingerprint density at radius 1 is 0.900 bits per heavy atom. The highest BCUT2D eigenvalue weighted by Gasteiger charge is 2.36. The lowest BCUT2D eigenvalue weighted by molar-refractivity contribution is -0.0432. The van der Waals surface area contributed by atoms with Crippen LogP contribution < -0.4 is 9.47 Å². The van der Waals surface area contributed by atoms with Crippen molar-refractivity contribution in [1.82, 2.24) is 0 Å². The van der Waals surface area contributed by atoms with Gasteiger partial charge in [-0.3, -0.25) is 0 Å². The summed E-state index contributed by atoms with van der Waals surface area (Å²) >= 11 is 0. The molecule has 0 unspecified atom stereocenters. The fourth-order valence-electron chi connectivity index (χ4n) is 2.64. The third kappa shape index (κ3) is 2.65. The van der Waals surface area contributed by atoms with Crippen molar-refractivity contribution in [2.45, 2.75) is 78.4 Å². The van der Waals surface area contributed by atoms with Crippen molar-refractivity contribution in [3.05, 3.63) is 23.3 Å². The lowest BCUT2D eigenvalue weighted by Gasteiger charge is -2.32. The van der Waals surface area contributed by atoms with Gasteiger partial charge in [-0.15, -0.1) is 0 Å². The minimum Gasteiger partial charge on any atom is -0.449 e. The standard InChI is InChI=1S/C18H28O2/c1-9-17(5,6)13-11-15-14(19-18(7,8)20-15)10-12(13)16(2,3)4/h10-11H,9H2,1-8H3. The van der Waals surface area contributed by atoms with Crippen molar-refractivity contribution in [3.8, 4) is 11.5 Å². The molecule has 0 amide bonds. The molecule has 2 nitrogen and oxygen atoms in total. The van der Waals surface area contributed by atoms with E-state index in [0.717, 1.165) is 17.9 Å². The van der Waals surface area contributed by atoms with Gasteiger partial charge in [-0.05, 0) is 40.5 Å².